The number of piperidine rings is 2. The molecule has 2 atom stereocenters. The fraction of sp³-hybridized carbons (Fsp3) is 0.386. The maximum absolute atomic E-state index is 15.9. The van der Waals surface area contributed by atoms with Gasteiger partial charge < -0.3 is 24.8 Å². The summed E-state index contributed by atoms with van der Waals surface area (Å²) in [6, 6.07) is 15.8. The van der Waals surface area contributed by atoms with Gasteiger partial charge in [0.15, 0.2) is 11.9 Å². The van der Waals surface area contributed by atoms with Crippen molar-refractivity contribution in [3.05, 3.63) is 106 Å². The van der Waals surface area contributed by atoms with E-state index in [1.165, 1.54) is 7.11 Å². The molecule has 3 aromatic carbocycles. The van der Waals surface area contributed by atoms with Crippen molar-refractivity contribution in [1.29, 1.82) is 0 Å². The van der Waals surface area contributed by atoms with E-state index < -0.39 is 103 Å². The fourth-order valence-electron chi connectivity index (χ4n) is 8.37. The largest absolute Gasteiger partial charge is 0.372 e. The van der Waals surface area contributed by atoms with E-state index in [1.807, 2.05) is 40.5 Å². The quantitative estimate of drug-likeness (QED) is 0.199. The van der Waals surface area contributed by atoms with Crippen molar-refractivity contribution >= 4 is 52.6 Å². The van der Waals surface area contributed by atoms with Crippen LogP contribution in [0.25, 0.3) is 0 Å². The fourth-order valence-corrected chi connectivity index (χ4v) is 8.37. The summed E-state index contributed by atoms with van der Waals surface area (Å²) in [6.07, 6.45) is -0.497. The number of aromatic amines is 1. The number of H-pyrrole nitrogens is 1. The molecule has 6 heterocycles. The molecule has 1 aromatic heterocycles. The predicted molar refractivity (Wildman–Crippen MR) is 220 cm³/mol. The molecule has 61 heavy (non-hydrogen) atoms. The molecule has 16 nitrogen and oxygen atoms in total. The summed E-state index contributed by atoms with van der Waals surface area (Å²) in [4.78, 5) is 82.7. The van der Waals surface area contributed by atoms with Crippen LogP contribution in [0.5, 0.6) is 0 Å². The van der Waals surface area contributed by atoms with Gasteiger partial charge in [-0.25, -0.2) is 4.39 Å². The van der Waals surface area contributed by atoms with Gasteiger partial charge in [0, 0.05) is 87.1 Å². The first-order valence-corrected chi connectivity index (χ1v) is 19.8. The monoisotopic (exact) mass is 839 g/mol. The van der Waals surface area contributed by atoms with Crippen molar-refractivity contribution in [3.8, 4) is 0 Å². The number of nitrogens with one attached hydrogen (secondary N) is 3. The number of imide groups is 2. The Kier molecular flexibility index (Phi) is 8.52. The van der Waals surface area contributed by atoms with Crippen LogP contribution < -0.4 is 20.4 Å². The number of nitrogens with zero attached hydrogens (tertiary/aromatic N) is 6. The maximum atomic E-state index is 15.9. The highest BCUT2D eigenvalue weighted by Crippen LogP contribution is 2.34. The Bertz CT molecular complexity index is 2750. The number of ether oxygens (including phenoxy) is 1. The van der Waals surface area contributed by atoms with E-state index in [1.54, 1.807) is 29.2 Å². The molecular weight excluding hydrogens is 786 g/mol. The number of carbonyl (C=O) groups excluding carboxylic acids is 6. The number of rotatable bonds is 10. The van der Waals surface area contributed by atoms with Crippen molar-refractivity contribution in [2.24, 2.45) is 5.92 Å². The zero-order valence-electron chi connectivity index (χ0n) is 40.9. The van der Waals surface area contributed by atoms with Crippen LogP contribution in [0.4, 0.5) is 21.6 Å². The lowest BCUT2D eigenvalue weighted by Crippen LogP contribution is -2.54. The molecule has 6 amide bonds. The topological polar surface area (TPSA) is 181 Å². The van der Waals surface area contributed by atoms with Crippen LogP contribution in [0.15, 0.2) is 66.7 Å². The minimum atomic E-state index is -3.42. The number of carbonyl (C=O) groups is 6. The van der Waals surface area contributed by atoms with Gasteiger partial charge in [0.2, 0.25) is 11.8 Å². The summed E-state index contributed by atoms with van der Waals surface area (Å²) in [5, 5.41) is 12.0. The number of fused-ring (bicyclic) bond motifs is 2. The summed E-state index contributed by atoms with van der Waals surface area (Å²) < 4.78 is 93.4. The third kappa shape index (κ3) is 7.74. The van der Waals surface area contributed by atoms with Gasteiger partial charge in [-0.3, -0.25) is 49.0 Å². The molecule has 9 rings (SSSR count). The molecule has 3 saturated heterocycles. The molecule has 0 radical (unpaired) electrons. The Hall–Kier alpha value is -6.46. The molecular formula is C44H46FN9O7. The SMILES string of the molecule is [2H]C1([2H])N(CC2CCN(c3ccc(C(=O)Nc4n[nH]c5c4CN(C(=O)[C@H](OC)c4ccccc4)C5)cc3)CC2)C([2H])([2H])C([2H])([2H])N(c2cc(F)c3c(c2)C(=O)N(C2CCC(=O)NC2=O)C3=O)C1([2H])[2H]. The van der Waals surface area contributed by atoms with Crippen LogP contribution in [0.3, 0.4) is 0 Å². The molecule has 5 aliphatic rings. The molecule has 0 saturated carbocycles. The van der Waals surface area contributed by atoms with Gasteiger partial charge in [0.05, 0.1) is 35.4 Å². The summed E-state index contributed by atoms with van der Waals surface area (Å²) in [6.45, 7) is -12.5. The van der Waals surface area contributed by atoms with Gasteiger partial charge in [-0.2, -0.15) is 5.10 Å². The number of halogens is 1. The van der Waals surface area contributed by atoms with Crippen LogP contribution in [0.1, 0.15) is 90.6 Å². The average molecular weight is 840 g/mol. The van der Waals surface area contributed by atoms with Crippen molar-refractivity contribution < 1.29 is 48.9 Å². The highest BCUT2D eigenvalue weighted by atomic mass is 19.1. The summed E-state index contributed by atoms with van der Waals surface area (Å²) in [7, 11) is 1.47. The van der Waals surface area contributed by atoms with Crippen molar-refractivity contribution in [2.75, 3.05) is 67.8 Å². The third-order valence-electron chi connectivity index (χ3n) is 11.6. The van der Waals surface area contributed by atoms with Gasteiger partial charge in [-0.15, -0.1) is 0 Å². The maximum Gasteiger partial charge on any atom is 0.265 e. The number of hydrogen-bond acceptors (Lipinski definition) is 11. The second-order valence-corrected chi connectivity index (χ2v) is 15.4. The highest BCUT2D eigenvalue weighted by molar-refractivity contribution is 6.24. The predicted octanol–water partition coefficient (Wildman–Crippen LogP) is 3.47. The molecule has 3 fully saturated rings. The van der Waals surface area contributed by atoms with Crippen molar-refractivity contribution in [1.82, 2.24) is 30.2 Å². The van der Waals surface area contributed by atoms with Crippen LogP contribution in [0, 0.1) is 11.7 Å². The number of benzene rings is 3. The normalized spacial score (nSPS) is 25.4. The third-order valence-corrected chi connectivity index (χ3v) is 11.6. The Morgan fingerprint density at radius 1 is 0.918 bits per heavy atom. The van der Waals surface area contributed by atoms with Crippen molar-refractivity contribution in [2.45, 2.75) is 50.9 Å². The van der Waals surface area contributed by atoms with Crippen LogP contribution >= 0.6 is 0 Å². The first kappa shape index (κ1) is 31.4. The van der Waals surface area contributed by atoms with Crippen LogP contribution in [-0.4, -0.2) is 119 Å². The molecule has 0 bridgehead atoms. The Balaban J connectivity index is 0.839. The minimum Gasteiger partial charge on any atom is -0.372 e. The first-order chi connectivity index (χ1) is 32.6. The van der Waals surface area contributed by atoms with E-state index >= 15 is 4.39 Å². The molecule has 3 N–H and O–H groups in total. The molecule has 1 unspecified atom stereocenters. The van der Waals surface area contributed by atoms with Crippen LogP contribution in [-0.2, 0) is 32.2 Å². The average Bonchev–Trinajstić information content (AvgIpc) is 3.97. The Labute approximate surface area is 362 Å². The van der Waals surface area contributed by atoms with Crippen molar-refractivity contribution in [3.63, 3.8) is 0 Å². The van der Waals surface area contributed by atoms with Gasteiger partial charge in [-0.1, -0.05) is 30.3 Å². The van der Waals surface area contributed by atoms with E-state index in [2.05, 4.69) is 15.5 Å². The molecule has 0 aliphatic carbocycles. The number of aromatic nitrogens is 2. The van der Waals surface area contributed by atoms with E-state index in [0.29, 0.717) is 64.4 Å². The number of hydrogen-bond donors (Lipinski definition) is 3. The Morgan fingerprint density at radius 3 is 2.36 bits per heavy atom. The molecule has 4 aromatic rings. The van der Waals surface area contributed by atoms with Crippen LogP contribution in [0.2, 0.25) is 0 Å². The molecule has 5 aliphatic heterocycles. The summed E-state index contributed by atoms with van der Waals surface area (Å²) in [5.41, 5.74) is 0.980. The number of piperazine rings is 1. The zero-order chi connectivity index (χ0) is 49.5. The molecule has 0 spiro atoms. The lowest BCUT2D eigenvalue weighted by Gasteiger charge is -2.40. The molecule has 17 heteroatoms. The smallest absolute Gasteiger partial charge is 0.265 e. The van der Waals surface area contributed by atoms with E-state index in [-0.39, 0.29) is 36.7 Å². The second-order valence-electron chi connectivity index (χ2n) is 15.4. The van der Waals surface area contributed by atoms with Gasteiger partial charge in [0.25, 0.3) is 23.6 Å². The lowest BCUT2D eigenvalue weighted by molar-refractivity contribution is -0.143. The summed E-state index contributed by atoms with van der Waals surface area (Å²) in [5.74, 6) is -6.19. The van der Waals surface area contributed by atoms with Gasteiger partial charge in [0.1, 0.15) is 11.9 Å². The van der Waals surface area contributed by atoms with E-state index in [9.17, 15) is 28.8 Å². The second kappa shape index (κ2) is 16.5. The van der Waals surface area contributed by atoms with Gasteiger partial charge >= 0.3 is 0 Å². The molecule has 316 valence electrons. The number of methoxy groups -OCH3 is 1. The zero-order valence-corrected chi connectivity index (χ0v) is 32.9. The first-order valence-electron chi connectivity index (χ1n) is 23.8. The summed E-state index contributed by atoms with van der Waals surface area (Å²) >= 11 is 0. The van der Waals surface area contributed by atoms with Gasteiger partial charge in [-0.05, 0) is 67.1 Å². The van der Waals surface area contributed by atoms with E-state index in [0.717, 1.165) is 17.3 Å². The lowest BCUT2D eigenvalue weighted by atomic mass is 9.95. The minimum absolute atomic E-state index is 0.112. The number of anilines is 3. The standard InChI is InChI=1S/C44H46FN9O7/c1-61-38(27-5-3-2-4-6-27)44(60)53-24-32-34(25-53)48-49-39(32)47-40(56)28-7-9-29(10-8-28)51-15-13-26(14-16-51)23-50-17-19-52(20-18-50)30-21-31-37(33(45)22-30)43(59)54(42(31)58)35-11-12-36(55)46-41(35)57/h2-10,21-22,26,35,38H,11-20,23-25H2,1H3,(H,46,55,57)(H2,47,48,49,56)/t35?,38-/m1/s1/i17D2,18D2,19D2,20D2. The highest BCUT2D eigenvalue weighted by Gasteiger charge is 2.46. The number of amides is 6. The Morgan fingerprint density at radius 2 is 1.66 bits per heavy atom. The van der Waals surface area contributed by atoms with E-state index in [4.69, 9.17) is 15.7 Å².